The van der Waals surface area contributed by atoms with Crippen LogP contribution in [0, 0.1) is 5.92 Å². The fraction of sp³-hybridized carbons (Fsp3) is 0.581. The van der Waals surface area contributed by atoms with Crippen LogP contribution < -0.4 is 20.6 Å². The summed E-state index contributed by atoms with van der Waals surface area (Å²) in [5, 5.41) is 11.8. The molecule has 0 spiro atoms. The van der Waals surface area contributed by atoms with Crippen molar-refractivity contribution in [2.24, 2.45) is 5.92 Å². The lowest BCUT2D eigenvalue weighted by Gasteiger charge is -2.36. The second-order valence-corrected chi connectivity index (χ2v) is 15.6. The average molecular weight is 699 g/mol. The van der Waals surface area contributed by atoms with Gasteiger partial charge in [0.2, 0.25) is 15.9 Å². The first-order chi connectivity index (χ1) is 22.1. The Kier molecular flexibility index (Phi) is 10.3. The maximum atomic E-state index is 15.6. The third-order valence-corrected chi connectivity index (χ3v) is 10.9. The highest BCUT2D eigenvalue weighted by Crippen LogP contribution is 2.45. The van der Waals surface area contributed by atoms with Gasteiger partial charge in [-0.15, -0.1) is 0 Å². The number of ether oxygens (including phenoxy) is 1. The Morgan fingerprint density at radius 3 is 2.26 bits per heavy atom. The van der Waals surface area contributed by atoms with Crippen molar-refractivity contribution in [3.05, 3.63) is 47.1 Å². The number of carbonyl (C=O) groups is 2. The van der Waals surface area contributed by atoms with Crippen LogP contribution in [0.5, 0.6) is 0 Å². The second-order valence-electron chi connectivity index (χ2n) is 13.3. The number of aromatic nitrogens is 1. The van der Waals surface area contributed by atoms with Gasteiger partial charge in [-0.05, 0) is 82.9 Å². The SMILES string of the molecule is CC(C)(C)OC(=O)N[C@@H]1CC(=O)N(c2ccc(S(=O)(=O)N3CCN(c4cc(C(F)(F)C5CCC(NO)CC5)cc(Cl)n4)CC3)cc2)C1. The summed E-state index contributed by atoms with van der Waals surface area (Å²) in [5.41, 5.74) is 1.77. The van der Waals surface area contributed by atoms with E-state index in [-0.39, 0.29) is 85.4 Å². The van der Waals surface area contributed by atoms with Crippen molar-refractivity contribution in [1.82, 2.24) is 20.1 Å². The summed E-state index contributed by atoms with van der Waals surface area (Å²) < 4.78 is 64.7. The van der Waals surface area contributed by atoms with Crippen LogP contribution in [0.25, 0.3) is 0 Å². The van der Waals surface area contributed by atoms with E-state index >= 15 is 8.78 Å². The van der Waals surface area contributed by atoms with Crippen LogP contribution in [-0.4, -0.2) is 85.3 Å². The highest BCUT2D eigenvalue weighted by molar-refractivity contribution is 7.89. The van der Waals surface area contributed by atoms with Gasteiger partial charge in [-0.25, -0.2) is 32.5 Å². The van der Waals surface area contributed by atoms with Gasteiger partial charge < -0.3 is 25.1 Å². The minimum atomic E-state index is -3.89. The zero-order valence-electron chi connectivity index (χ0n) is 26.6. The van der Waals surface area contributed by atoms with E-state index in [0.717, 1.165) is 0 Å². The number of anilines is 2. The molecule has 2 aliphatic heterocycles. The summed E-state index contributed by atoms with van der Waals surface area (Å²) in [7, 11) is -3.89. The molecule has 3 heterocycles. The molecule has 3 N–H and O–H groups in total. The Bertz CT molecular complexity index is 1560. The highest BCUT2D eigenvalue weighted by atomic mass is 35.5. The Hall–Kier alpha value is -3.11. The van der Waals surface area contributed by atoms with E-state index in [1.165, 1.54) is 33.5 Å². The van der Waals surface area contributed by atoms with Crippen molar-refractivity contribution in [3.8, 4) is 0 Å². The molecule has 2 amide bonds. The minimum Gasteiger partial charge on any atom is -0.444 e. The van der Waals surface area contributed by atoms with E-state index in [9.17, 15) is 18.0 Å². The zero-order valence-corrected chi connectivity index (χ0v) is 28.2. The van der Waals surface area contributed by atoms with E-state index in [4.69, 9.17) is 21.5 Å². The van der Waals surface area contributed by atoms with Crippen molar-refractivity contribution in [2.45, 2.75) is 81.4 Å². The number of piperazine rings is 1. The first-order valence-corrected chi connectivity index (χ1v) is 17.5. The quantitative estimate of drug-likeness (QED) is 0.268. The summed E-state index contributed by atoms with van der Waals surface area (Å²) in [6, 6.07) is 7.87. The van der Waals surface area contributed by atoms with Crippen molar-refractivity contribution < 1.29 is 36.7 Å². The van der Waals surface area contributed by atoms with Gasteiger partial charge in [0, 0.05) is 62.4 Å². The van der Waals surface area contributed by atoms with E-state index in [1.54, 1.807) is 37.8 Å². The number of rotatable bonds is 8. The molecule has 1 saturated carbocycles. The van der Waals surface area contributed by atoms with Crippen LogP contribution in [0.3, 0.4) is 0 Å². The van der Waals surface area contributed by atoms with Gasteiger partial charge in [-0.1, -0.05) is 11.6 Å². The number of hydrogen-bond donors (Lipinski definition) is 3. The van der Waals surface area contributed by atoms with Crippen molar-refractivity contribution in [2.75, 3.05) is 42.5 Å². The summed E-state index contributed by atoms with van der Waals surface area (Å²) in [6.07, 6.45) is 0.847. The number of carbonyl (C=O) groups excluding carboxylic acids is 2. The third kappa shape index (κ3) is 8.13. The fourth-order valence-electron chi connectivity index (χ4n) is 6.29. The number of pyridine rings is 1. The Labute approximate surface area is 278 Å². The van der Waals surface area contributed by atoms with E-state index in [2.05, 4.69) is 15.8 Å². The minimum absolute atomic E-state index is 0.0544. The average Bonchev–Trinajstić information content (AvgIpc) is 3.39. The molecule has 3 aliphatic rings. The van der Waals surface area contributed by atoms with Crippen molar-refractivity contribution >= 4 is 45.1 Å². The number of alkyl halides is 2. The first-order valence-electron chi connectivity index (χ1n) is 15.7. The number of amides is 2. The molecule has 1 atom stereocenters. The maximum Gasteiger partial charge on any atom is 0.407 e. The molecule has 0 unspecified atom stereocenters. The molecule has 0 radical (unpaired) electrons. The maximum absolute atomic E-state index is 15.6. The van der Waals surface area contributed by atoms with Gasteiger partial charge in [0.05, 0.1) is 10.9 Å². The number of halogens is 3. The molecule has 0 bridgehead atoms. The van der Waals surface area contributed by atoms with Crippen LogP contribution in [0.4, 0.5) is 25.1 Å². The molecule has 16 heteroatoms. The molecule has 258 valence electrons. The van der Waals surface area contributed by atoms with E-state index in [1.807, 2.05) is 0 Å². The number of benzene rings is 1. The number of hydroxylamine groups is 1. The molecule has 2 saturated heterocycles. The normalized spacial score (nSPS) is 23.2. The largest absolute Gasteiger partial charge is 0.444 e. The van der Waals surface area contributed by atoms with E-state index in [0.29, 0.717) is 18.5 Å². The van der Waals surface area contributed by atoms with Gasteiger partial charge >= 0.3 is 6.09 Å². The van der Waals surface area contributed by atoms with Crippen LogP contribution >= 0.6 is 11.6 Å². The lowest BCUT2D eigenvalue weighted by molar-refractivity contribution is -0.117. The summed E-state index contributed by atoms with van der Waals surface area (Å²) in [5.74, 6) is -3.99. The monoisotopic (exact) mass is 698 g/mol. The lowest BCUT2D eigenvalue weighted by Crippen LogP contribution is -2.49. The Morgan fingerprint density at radius 1 is 1.02 bits per heavy atom. The number of sulfonamides is 1. The molecule has 5 rings (SSSR count). The number of nitrogens with zero attached hydrogens (tertiary/aromatic N) is 4. The summed E-state index contributed by atoms with van der Waals surface area (Å²) in [4.78, 5) is 32.3. The van der Waals surface area contributed by atoms with Gasteiger partial charge in [0.1, 0.15) is 16.6 Å². The smallest absolute Gasteiger partial charge is 0.407 e. The predicted octanol–water partition coefficient (Wildman–Crippen LogP) is 4.51. The molecule has 1 aliphatic carbocycles. The molecule has 1 aromatic heterocycles. The first kappa shape index (κ1) is 35.2. The molecule has 3 fully saturated rings. The van der Waals surface area contributed by atoms with Gasteiger partial charge in [0.25, 0.3) is 5.92 Å². The van der Waals surface area contributed by atoms with Crippen LogP contribution in [-0.2, 0) is 25.5 Å². The predicted molar refractivity (Wildman–Crippen MR) is 171 cm³/mol. The molecule has 12 nitrogen and oxygen atoms in total. The third-order valence-electron chi connectivity index (χ3n) is 8.78. The van der Waals surface area contributed by atoms with Crippen molar-refractivity contribution in [1.29, 1.82) is 0 Å². The summed E-state index contributed by atoms with van der Waals surface area (Å²) >= 11 is 6.19. The van der Waals surface area contributed by atoms with Gasteiger partial charge in [0.15, 0.2) is 0 Å². The second kappa shape index (κ2) is 13.8. The Morgan fingerprint density at radius 2 is 1.66 bits per heavy atom. The number of nitrogens with one attached hydrogen (secondary N) is 2. The molecule has 2 aromatic rings. The molecule has 1 aromatic carbocycles. The van der Waals surface area contributed by atoms with Crippen LogP contribution in [0.2, 0.25) is 5.15 Å². The fourth-order valence-corrected chi connectivity index (χ4v) is 7.92. The molecular weight excluding hydrogens is 658 g/mol. The standard InChI is InChI=1S/C31H41ClF2N6O6S/c1-30(2,3)46-29(42)35-23-18-28(41)40(19-23)24-8-10-25(11-9-24)47(44,45)39-14-12-38(13-15-39)27-17-21(16-26(32)36-27)31(33,34)20-4-6-22(37-43)7-5-20/h8-11,16-17,20,22-23,37,43H,4-7,12-15,18-19H2,1-3H3,(H,35,42)/t20?,22?,23-/m1/s1. The molecule has 47 heavy (non-hydrogen) atoms. The van der Waals surface area contributed by atoms with Crippen molar-refractivity contribution in [3.63, 3.8) is 0 Å². The summed E-state index contributed by atoms with van der Waals surface area (Å²) in [6.45, 7) is 6.10. The zero-order chi connectivity index (χ0) is 34.1. The lowest BCUT2D eigenvalue weighted by atomic mass is 9.80. The van der Waals surface area contributed by atoms with Crippen LogP contribution in [0.1, 0.15) is 58.4 Å². The highest BCUT2D eigenvalue weighted by Gasteiger charge is 2.44. The number of alkyl carbamates (subject to hydrolysis) is 1. The molecular formula is C31H41ClF2N6O6S. The van der Waals surface area contributed by atoms with E-state index < -0.39 is 39.6 Å². The van der Waals surface area contributed by atoms with Crippen LogP contribution in [0.15, 0.2) is 41.3 Å². The van der Waals surface area contributed by atoms with Gasteiger partial charge in [-0.3, -0.25) is 4.79 Å². The van der Waals surface area contributed by atoms with Gasteiger partial charge in [-0.2, -0.15) is 4.31 Å². The number of hydrogen-bond acceptors (Lipinski definition) is 9. The Balaban J connectivity index is 1.20. The topological polar surface area (TPSA) is 144 Å².